The molecule has 1 aromatic rings. The van der Waals surface area contributed by atoms with Crippen LogP contribution in [0.3, 0.4) is 0 Å². The Morgan fingerprint density at radius 1 is 1.38 bits per heavy atom. The highest BCUT2D eigenvalue weighted by Crippen LogP contribution is 2.38. The average Bonchev–Trinajstić information content (AvgIpc) is 3.05. The van der Waals surface area contributed by atoms with Gasteiger partial charge in [0.15, 0.2) is 0 Å². The van der Waals surface area contributed by atoms with Crippen LogP contribution in [0.4, 0.5) is 15.8 Å². The zero-order valence-corrected chi connectivity index (χ0v) is 9.59. The zero-order chi connectivity index (χ0) is 11.1. The lowest BCUT2D eigenvalue weighted by atomic mass is 10.1. The van der Waals surface area contributed by atoms with Crippen molar-refractivity contribution in [3.05, 3.63) is 23.5 Å². The van der Waals surface area contributed by atoms with Crippen molar-refractivity contribution in [1.82, 2.24) is 0 Å². The lowest BCUT2D eigenvalue weighted by molar-refractivity contribution is 0.619. The molecule has 1 saturated carbocycles. The molecule has 86 valence electrons. The highest BCUT2D eigenvalue weighted by molar-refractivity contribution is 5.72. The Balaban J connectivity index is 2.05. The van der Waals surface area contributed by atoms with Gasteiger partial charge in [0.05, 0.1) is 11.4 Å². The molecule has 2 nitrogen and oxygen atoms in total. The van der Waals surface area contributed by atoms with Crippen LogP contribution in [-0.2, 0) is 0 Å². The number of fused-ring (bicyclic) bond motifs is 1. The number of halogens is 1. The van der Waals surface area contributed by atoms with E-state index in [0.717, 1.165) is 30.8 Å². The maximum absolute atomic E-state index is 13.5. The van der Waals surface area contributed by atoms with Crippen molar-refractivity contribution in [2.24, 2.45) is 0 Å². The molecular formula is C13H17FN2. The second kappa shape index (κ2) is 3.65. The van der Waals surface area contributed by atoms with Crippen LogP contribution in [0, 0.1) is 12.7 Å². The summed E-state index contributed by atoms with van der Waals surface area (Å²) >= 11 is 0. The number of aryl methyl sites for hydroxylation is 1. The average molecular weight is 220 g/mol. The molecular weight excluding hydrogens is 203 g/mol. The molecule has 1 aliphatic carbocycles. The van der Waals surface area contributed by atoms with E-state index in [9.17, 15) is 4.39 Å². The molecule has 1 N–H and O–H groups in total. The Hall–Kier alpha value is -1.25. The number of nitrogens with zero attached hydrogens (tertiary/aromatic N) is 1. The van der Waals surface area contributed by atoms with E-state index in [4.69, 9.17) is 0 Å². The van der Waals surface area contributed by atoms with Gasteiger partial charge in [-0.1, -0.05) is 0 Å². The summed E-state index contributed by atoms with van der Waals surface area (Å²) in [4.78, 5) is 2.45. The minimum absolute atomic E-state index is 0.108. The first-order valence-electron chi connectivity index (χ1n) is 6.06. The molecule has 0 radical (unpaired) electrons. The predicted octanol–water partition coefficient (Wildman–Crippen LogP) is 2.92. The second-order valence-electron chi connectivity index (χ2n) is 4.82. The molecule has 0 saturated heterocycles. The summed E-state index contributed by atoms with van der Waals surface area (Å²) in [6, 6.07) is 4.33. The predicted molar refractivity (Wildman–Crippen MR) is 64.6 cm³/mol. The van der Waals surface area contributed by atoms with Crippen LogP contribution in [0.1, 0.15) is 24.8 Å². The van der Waals surface area contributed by atoms with Crippen molar-refractivity contribution < 1.29 is 4.39 Å². The van der Waals surface area contributed by atoms with Crippen LogP contribution in [0.15, 0.2) is 12.1 Å². The van der Waals surface area contributed by atoms with Crippen LogP contribution >= 0.6 is 0 Å². The molecule has 0 spiro atoms. The van der Waals surface area contributed by atoms with Gasteiger partial charge in [-0.25, -0.2) is 4.39 Å². The molecule has 1 aromatic carbocycles. The summed E-state index contributed by atoms with van der Waals surface area (Å²) in [5.41, 5.74) is 2.90. The molecule has 1 fully saturated rings. The largest absolute Gasteiger partial charge is 0.383 e. The third kappa shape index (κ3) is 1.64. The number of rotatable bonds is 1. The molecule has 3 rings (SSSR count). The zero-order valence-electron chi connectivity index (χ0n) is 9.59. The van der Waals surface area contributed by atoms with E-state index < -0.39 is 0 Å². The van der Waals surface area contributed by atoms with Gasteiger partial charge in [0, 0.05) is 19.1 Å². The van der Waals surface area contributed by atoms with Gasteiger partial charge in [0.2, 0.25) is 0 Å². The summed E-state index contributed by atoms with van der Waals surface area (Å²) in [6.07, 6.45) is 3.71. The Labute approximate surface area is 95.4 Å². The summed E-state index contributed by atoms with van der Waals surface area (Å²) < 4.78 is 13.5. The van der Waals surface area contributed by atoms with Gasteiger partial charge < -0.3 is 10.2 Å². The summed E-state index contributed by atoms with van der Waals surface area (Å²) in [5.74, 6) is -0.108. The van der Waals surface area contributed by atoms with Crippen molar-refractivity contribution in [2.75, 3.05) is 23.3 Å². The van der Waals surface area contributed by atoms with E-state index >= 15 is 0 Å². The standard InChI is InChI=1S/C13H17FN2/c1-9-7-13-12(8-11(9)14)15-5-2-6-16(13)10-3-4-10/h7-8,10,15H,2-6H2,1H3. The van der Waals surface area contributed by atoms with Gasteiger partial charge in [-0.15, -0.1) is 0 Å². The second-order valence-corrected chi connectivity index (χ2v) is 4.82. The summed E-state index contributed by atoms with van der Waals surface area (Å²) in [7, 11) is 0. The molecule has 2 aliphatic rings. The number of hydrogen-bond acceptors (Lipinski definition) is 2. The van der Waals surface area contributed by atoms with Gasteiger partial charge in [-0.3, -0.25) is 0 Å². The van der Waals surface area contributed by atoms with Crippen LogP contribution in [-0.4, -0.2) is 19.1 Å². The van der Waals surface area contributed by atoms with Crippen LogP contribution in [0.5, 0.6) is 0 Å². The van der Waals surface area contributed by atoms with E-state index in [1.54, 1.807) is 6.07 Å². The molecule has 0 aromatic heterocycles. The summed E-state index contributed by atoms with van der Waals surface area (Å²) in [5, 5.41) is 3.32. The van der Waals surface area contributed by atoms with Crippen LogP contribution in [0.25, 0.3) is 0 Å². The normalized spacial score (nSPS) is 20.0. The van der Waals surface area contributed by atoms with Crippen molar-refractivity contribution in [3.63, 3.8) is 0 Å². The lowest BCUT2D eigenvalue weighted by Gasteiger charge is -2.24. The highest BCUT2D eigenvalue weighted by atomic mass is 19.1. The molecule has 1 aliphatic heterocycles. The van der Waals surface area contributed by atoms with Crippen molar-refractivity contribution in [3.8, 4) is 0 Å². The molecule has 0 unspecified atom stereocenters. The van der Waals surface area contributed by atoms with Gasteiger partial charge in [-0.05, 0) is 43.9 Å². The summed E-state index contributed by atoms with van der Waals surface area (Å²) in [6.45, 7) is 3.88. The minimum Gasteiger partial charge on any atom is -0.383 e. The first-order valence-corrected chi connectivity index (χ1v) is 6.06. The maximum atomic E-state index is 13.5. The van der Waals surface area contributed by atoms with Crippen molar-refractivity contribution >= 4 is 11.4 Å². The van der Waals surface area contributed by atoms with Crippen molar-refractivity contribution in [2.45, 2.75) is 32.2 Å². The molecule has 16 heavy (non-hydrogen) atoms. The van der Waals surface area contributed by atoms with E-state index in [-0.39, 0.29) is 5.82 Å². The first-order chi connectivity index (χ1) is 7.75. The number of anilines is 2. The topological polar surface area (TPSA) is 15.3 Å². The fraction of sp³-hybridized carbons (Fsp3) is 0.538. The first kappa shape index (κ1) is 9.94. The quantitative estimate of drug-likeness (QED) is 0.782. The molecule has 0 atom stereocenters. The monoisotopic (exact) mass is 220 g/mol. The minimum atomic E-state index is -0.108. The lowest BCUT2D eigenvalue weighted by Crippen LogP contribution is -2.26. The van der Waals surface area contributed by atoms with E-state index in [0.29, 0.717) is 6.04 Å². The van der Waals surface area contributed by atoms with Gasteiger partial charge in [-0.2, -0.15) is 0 Å². The highest BCUT2D eigenvalue weighted by Gasteiger charge is 2.31. The number of nitrogens with one attached hydrogen (secondary N) is 1. The third-order valence-electron chi connectivity index (χ3n) is 3.47. The SMILES string of the molecule is Cc1cc2c(cc1F)NCCCN2C1CC1. The van der Waals surface area contributed by atoms with E-state index in [2.05, 4.69) is 10.2 Å². The van der Waals surface area contributed by atoms with Crippen LogP contribution in [0.2, 0.25) is 0 Å². The number of benzene rings is 1. The Morgan fingerprint density at radius 3 is 2.94 bits per heavy atom. The fourth-order valence-corrected chi connectivity index (χ4v) is 2.40. The van der Waals surface area contributed by atoms with Gasteiger partial charge in [0.1, 0.15) is 5.82 Å². The molecule has 3 heteroatoms. The third-order valence-corrected chi connectivity index (χ3v) is 3.47. The Kier molecular flexibility index (Phi) is 2.27. The van der Waals surface area contributed by atoms with Gasteiger partial charge in [0.25, 0.3) is 0 Å². The fourth-order valence-electron chi connectivity index (χ4n) is 2.40. The van der Waals surface area contributed by atoms with Crippen LogP contribution < -0.4 is 10.2 Å². The smallest absolute Gasteiger partial charge is 0.128 e. The number of hydrogen-bond donors (Lipinski definition) is 1. The molecule has 0 amide bonds. The Bertz CT molecular complexity index is 413. The maximum Gasteiger partial charge on any atom is 0.128 e. The van der Waals surface area contributed by atoms with E-state index in [1.807, 2.05) is 13.0 Å². The van der Waals surface area contributed by atoms with Crippen molar-refractivity contribution in [1.29, 1.82) is 0 Å². The molecule has 1 heterocycles. The van der Waals surface area contributed by atoms with E-state index in [1.165, 1.54) is 18.5 Å². The molecule has 0 bridgehead atoms. The van der Waals surface area contributed by atoms with Gasteiger partial charge >= 0.3 is 0 Å². The Morgan fingerprint density at radius 2 is 2.19 bits per heavy atom.